The Bertz CT molecular complexity index is 1020. The summed E-state index contributed by atoms with van der Waals surface area (Å²) in [6.45, 7) is -0.0431. The molecule has 30 heavy (non-hydrogen) atoms. The molecule has 1 saturated heterocycles. The predicted molar refractivity (Wildman–Crippen MR) is 114 cm³/mol. The second-order valence-corrected chi connectivity index (χ2v) is 7.29. The van der Waals surface area contributed by atoms with Crippen molar-refractivity contribution in [2.75, 3.05) is 26.1 Å². The molecule has 1 fully saturated rings. The first-order valence-electron chi connectivity index (χ1n) is 8.97. The third kappa shape index (κ3) is 4.93. The molecule has 0 radical (unpaired) electrons. The second kappa shape index (κ2) is 9.36. The van der Waals surface area contributed by atoms with Crippen molar-refractivity contribution < 1.29 is 29.0 Å². The number of nitrogens with zero attached hydrogens (tertiary/aromatic N) is 1. The first-order valence-corrected chi connectivity index (χ1v) is 9.79. The number of carbonyl (C=O) groups excluding carboxylic acids is 3. The van der Waals surface area contributed by atoms with Gasteiger partial charge in [-0.2, -0.15) is 0 Å². The number of hydrogen-bond donors (Lipinski definition) is 2. The zero-order chi connectivity index (χ0) is 21.7. The maximum atomic E-state index is 12.6. The molecule has 3 amide bonds. The first-order chi connectivity index (χ1) is 14.4. The van der Waals surface area contributed by atoms with Gasteiger partial charge in [-0.25, -0.2) is 0 Å². The minimum atomic E-state index is -0.454. The lowest BCUT2D eigenvalue weighted by atomic mass is 10.2. The maximum Gasteiger partial charge on any atom is 0.293 e. The Morgan fingerprint density at radius 1 is 1.13 bits per heavy atom. The number of aromatic hydroxyl groups is 1. The zero-order valence-electron chi connectivity index (χ0n) is 16.4. The summed E-state index contributed by atoms with van der Waals surface area (Å²) >= 11 is 0.819. The molecule has 0 bridgehead atoms. The van der Waals surface area contributed by atoms with E-state index in [-0.39, 0.29) is 29.5 Å². The molecule has 0 atom stereocenters. The lowest BCUT2D eigenvalue weighted by molar-refractivity contribution is -0.123. The van der Waals surface area contributed by atoms with E-state index >= 15 is 0 Å². The minimum absolute atomic E-state index is 0.0269. The van der Waals surface area contributed by atoms with Gasteiger partial charge in [0.15, 0.2) is 11.5 Å². The van der Waals surface area contributed by atoms with Gasteiger partial charge >= 0.3 is 0 Å². The van der Waals surface area contributed by atoms with Gasteiger partial charge in [-0.1, -0.05) is 12.1 Å². The van der Waals surface area contributed by atoms with E-state index < -0.39 is 11.1 Å². The average Bonchev–Trinajstić information content (AvgIpc) is 2.99. The van der Waals surface area contributed by atoms with Crippen LogP contribution in [-0.2, 0) is 9.59 Å². The lowest BCUT2D eigenvalue weighted by Crippen LogP contribution is -2.31. The zero-order valence-corrected chi connectivity index (χ0v) is 17.2. The third-order valence-corrected chi connectivity index (χ3v) is 5.18. The summed E-state index contributed by atoms with van der Waals surface area (Å²) in [5.74, 6) is 0.266. The molecule has 0 aliphatic carbocycles. The fourth-order valence-corrected chi connectivity index (χ4v) is 3.67. The third-order valence-electron chi connectivity index (χ3n) is 4.27. The molecule has 2 aromatic rings. The monoisotopic (exact) mass is 428 g/mol. The van der Waals surface area contributed by atoms with Crippen molar-refractivity contribution >= 4 is 40.6 Å². The summed E-state index contributed by atoms with van der Waals surface area (Å²) in [4.78, 5) is 38.3. The molecular weight excluding hydrogens is 408 g/mol. The largest absolute Gasteiger partial charge is 0.508 e. The Kier molecular flexibility index (Phi) is 6.63. The maximum absolute atomic E-state index is 12.6. The average molecular weight is 428 g/mol. The van der Waals surface area contributed by atoms with Gasteiger partial charge in [0.25, 0.3) is 11.1 Å². The van der Waals surface area contributed by atoms with Gasteiger partial charge in [-0.3, -0.25) is 19.3 Å². The van der Waals surface area contributed by atoms with Crippen LogP contribution in [0, 0.1) is 0 Å². The summed E-state index contributed by atoms with van der Waals surface area (Å²) in [6.07, 6.45) is 1.54. The fraction of sp³-hybridized carbons (Fsp3) is 0.190. The number of imide groups is 1. The summed E-state index contributed by atoms with van der Waals surface area (Å²) < 4.78 is 10.4. The molecule has 0 spiro atoms. The number of amides is 3. The molecule has 3 rings (SSSR count). The summed E-state index contributed by atoms with van der Waals surface area (Å²) in [5.41, 5.74) is 1.11. The van der Waals surface area contributed by atoms with E-state index in [1.165, 1.54) is 26.4 Å². The van der Waals surface area contributed by atoms with Crippen LogP contribution in [0.4, 0.5) is 10.5 Å². The second-order valence-electron chi connectivity index (χ2n) is 6.30. The summed E-state index contributed by atoms with van der Waals surface area (Å²) in [5, 5.41) is 11.6. The van der Waals surface area contributed by atoms with Crippen molar-refractivity contribution in [1.82, 2.24) is 4.90 Å². The Morgan fingerprint density at radius 3 is 2.60 bits per heavy atom. The van der Waals surface area contributed by atoms with E-state index in [0.717, 1.165) is 16.7 Å². The summed E-state index contributed by atoms with van der Waals surface area (Å²) in [7, 11) is 3.04. The van der Waals surface area contributed by atoms with E-state index in [4.69, 9.17) is 9.47 Å². The number of rotatable bonds is 7. The van der Waals surface area contributed by atoms with Crippen LogP contribution in [0.1, 0.15) is 12.0 Å². The Hall–Kier alpha value is -3.46. The molecule has 8 nitrogen and oxygen atoms in total. The topological polar surface area (TPSA) is 105 Å². The molecule has 156 valence electrons. The van der Waals surface area contributed by atoms with Crippen LogP contribution in [0.2, 0.25) is 0 Å². The highest BCUT2D eigenvalue weighted by Crippen LogP contribution is 2.34. The molecule has 0 saturated carbocycles. The van der Waals surface area contributed by atoms with E-state index in [2.05, 4.69) is 5.32 Å². The van der Waals surface area contributed by atoms with Crippen LogP contribution in [0.5, 0.6) is 17.2 Å². The number of hydrogen-bond acceptors (Lipinski definition) is 7. The van der Waals surface area contributed by atoms with Gasteiger partial charge in [0.2, 0.25) is 5.91 Å². The highest BCUT2D eigenvalue weighted by Gasteiger charge is 2.35. The Labute approximate surface area is 177 Å². The van der Waals surface area contributed by atoms with Gasteiger partial charge in [0.1, 0.15) is 5.75 Å². The smallest absolute Gasteiger partial charge is 0.293 e. The molecule has 1 heterocycles. The van der Waals surface area contributed by atoms with Gasteiger partial charge < -0.3 is 19.9 Å². The first kappa shape index (κ1) is 21.3. The van der Waals surface area contributed by atoms with Crippen LogP contribution >= 0.6 is 11.8 Å². The van der Waals surface area contributed by atoms with Gasteiger partial charge in [-0.15, -0.1) is 0 Å². The number of thioether (sulfide) groups is 1. The number of phenolic OH excluding ortho intramolecular Hbond substituents is 1. The highest BCUT2D eigenvalue weighted by molar-refractivity contribution is 8.18. The number of carbonyl (C=O) groups is 3. The molecule has 0 unspecified atom stereocenters. The molecular formula is C21H20N2O6S. The molecule has 2 aromatic carbocycles. The quantitative estimate of drug-likeness (QED) is 0.651. The Morgan fingerprint density at radius 2 is 1.90 bits per heavy atom. The molecule has 2 N–H and O–H groups in total. The van der Waals surface area contributed by atoms with Crippen LogP contribution in [0.25, 0.3) is 6.08 Å². The molecule has 0 aromatic heterocycles. The lowest BCUT2D eigenvalue weighted by Gasteiger charge is -2.12. The van der Waals surface area contributed by atoms with Gasteiger partial charge in [0.05, 0.1) is 19.1 Å². The van der Waals surface area contributed by atoms with Crippen LogP contribution in [-0.4, -0.2) is 47.8 Å². The van der Waals surface area contributed by atoms with E-state index in [1.54, 1.807) is 36.4 Å². The van der Waals surface area contributed by atoms with Crippen molar-refractivity contribution in [3.63, 3.8) is 0 Å². The normalized spacial score (nSPS) is 14.9. The van der Waals surface area contributed by atoms with E-state index in [9.17, 15) is 19.5 Å². The number of methoxy groups -OCH3 is 2. The Balaban J connectivity index is 1.64. The van der Waals surface area contributed by atoms with Crippen molar-refractivity contribution in [3.8, 4) is 17.2 Å². The van der Waals surface area contributed by atoms with Crippen molar-refractivity contribution in [2.45, 2.75) is 6.42 Å². The van der Waals surface area contributed by atoms with Crippen molar-refractivity contribution in [3.05, 3.63) is 52.9 Å². The van der Waals surface area contributed by atoms with Crippen molar-refractivity contribution in [1.29, 1.82) is 0 Å². The van der Waals surface area contributed by atoms with Crippen LogP contribution < -0.4 is 14.8 Å². The number of phenols is 1. The number of benzene rings is 2. The van der Waals surface area contributed by atoms with Gasteiger partial charge in [0, 0.05) is 24.7 Å². The summed E-state index contributed by atoms with van der Waals surface area (Å²) in [6, 6.07) is 11.3. The standard InChI is InChI=1S/C21H20N2O6S/c1-28-16-7-6-13(10-17(16)29-2)11-18-20(26)23(21(27)30-18)9-8-19(25)22-14-4-3-5-15(24)12-14/h3-7,10-12,24H,8-9H2,1-2H3,(H,22,25). The number of nitrogens with one attached hydrogen (secondary N) is 1. The predicted octanol–water partition coefficient (Wildman–Crippen LogP) is 3.47. The molecule has 1 aliphatic rings. The van der Waals surface area contributed by atoms with Crippen LogP contribution in [0.15, 0.2) is 47.4 Å². The van der Waals surface area contributed by atoms with Crippen molar-refractivity contribution in [2.24, 2.45) is 0 Å². The minimum Gasteiger partial charge on any atom is -0.508 e. The fourth-order valence-electron chi connectivity index (χ4n) is 2.81. The van der Waals surface area contributed by atoms with Gasteiger partial charge in [-0.05, 0) is 47.7 Å². The SMILES string of the molecule is COc1ccc(C=C2SC(=O)N(CCC(=O)Nc3cccc(O)c3)C2=O)cc1OC. The molecule has 1 aliphatic heterocycles. The number of ether oxygens (including phenoxy) is 2. The van der Waals surface area contributed by atoms with Crippen LogP contribution in [0.3, 0.4) is 0 Å². The van der Waals surface area contributed by atoms with E-state index in [0.29, 0.717) is 22.7 Å². The molecule has 9 heteroatoms. The highest BCUT2D eigenvalue weighted by atomic mass is 32.2. The van der Waals surface area contributed by atoms with E-state index in [1.807, 2.05) is 0 Å². The number of anilines is 1.